The van der Waals surface area contributed by atoms with Gasteiger partial charge in [0.2, 0.25) is 0 Å². The quantitative estimate of drug-likeness (QED) is 0.581. The Hall–Kier alpha value is -2.04. The van der Waals surface area contributed by atoms with E-state index in [4.69, 9.17) is 5.84 Å². The number of rotatable bonds is 5. The predicted molar refractivity (Wildman–Crippen MR) is 103 cm³/mol. The molecule has 4 N–H and O–H groups in total. The molecule has 0 aliphatic carbocycles. The van der Waals surface area contributed by atoms with E-state index in [1.807, 2.05) is 7.05 Å². The molecule has 0 radical (unpaired) electrons. The largest absolute Gasteiger partial charge is 0.388 e. The molecule has 1 aliphatic heterocycles. The number of para-hydroxylation sites is 1. The van der Waals surface area contributed by atoms with Gasteiger partial charge in [-0.2, -0.15) is 0 Å². The first kappa shape index (κ1) is 16.8. The maximum atomic E-state index is 5.75. The number of nitrogen functional groups attached to an aromatic ring is 1. The zero-order chi connectivity index (χ0) is 16.9. The van der Waals surface area contributed by atoms with Crippen LogP contribution in [-0.2, 0) is 6.42 Å². The minimum absolute atomic E-state index is 0.739. The van der Waals surface area contributed by atoms with Crippen LogP contribution in [0.4, 0.5) is 11.4 Å². The zero-order valence-corrected chi connectivity index (χ0v) is 14.7. The number of hydrazine groups is 1. The molecule has 0 unspecified atom stereocenters. The number of benzene rings is 2. The number of likely N-dealkylation sites (tertiary alicyclic amines) is 1. The third kappa shape index (κ3) is 3.71. The molecule has 3 rings (SSSR count). The summed E-state index contributed by atoms with van der Waals surface area (Å²) in [6, 6.07) is 15.0. The fraction of sp³-hybridized carbons (Fsp3) is 0.400. The lowest BCUT2D eigenvalue weighted by molar-refractivity contribution is 0.219. The van der Waals surface area contributed by atoms with Crippen LogP contribution >= 0.6 is 0 Å². The van der Waals surface area contributed by atoms with Crippen molar-refractivity contribution >= 4 is 11.4 Å². The van der Waals surface area contributed by atoms with E-state index in [1.54, 1.807) is 0 Å². The van der Waals surface area contributed by atoms with Crippen molar-refractivity contribution in [3.63, 3.8) is 0 Å². The zero-order valence-electron chi connectivity index (χ0n) is 14.7. The van der Waals surface area contributed by atoms with E-state index in [2.05, 4.69) is 65.2 Å². The lowest BCUT2D eigenvalue weighted by Crippen LogP contribution is -2.31. The monoisotopic (exact) mass is 324 g/mol. The summed E-state index contributed by atoms with van der Waals surface area (Å²) in [7, 11) is 4.17. The van der Waals surface area contributed by atoms with Crippen LogP contribution in [-0.4, -0.2) is 32.1 Å². The smallest absolute Gasteiger partial charge is 0.0517 e. The molecule has 1 fully saturated rings. The molecule has 4 heteroatoms. The number of hydrogen-bond donors (Lipinski definition) is 3. The molecule has 1 saturated heterocycles. The SMILES string of the molecule is CNc1ccccc1-c1ccc(NN)c(CC2CCN(C)CC2)c1. The highest BCUT2D eigenvalue weighted by Gasteiger charge is 2.18. The highest BCUT2D eigenvalue weighted by atomic mass is 15.2. The van der Waals surface area contributed by atoms with Gasteiger partial charge in [0.15, 0.2) is 0 Å². The first-order chi connectivity index (χ1) is 11.7. The van der Waals surface area contributed by atoms with Gasteiger partial charge in [-0.3, -0.25) is 5.84 Å². The van der Waals surface area contributed by atoms with E-state index in [0.717, 1.165) is 23.7 Å². The van der Waals surface area contributed by atoms with Crippen LogP contribution in [0.2, 0.25) is 0 Å². The van der Waals surface area contributed by atoms with E-state index < -0.39 is 0 Å². The van der Waals surface area contributed by atoms with Crippen LogP contribution in [0.3, 0.4) is 0 Å². The number of hydrogen-bond acceptors (Lipinski definition) is 4. The number of piperidine rings is 1. The van der Waals surface area contributed by atoms with Crippen molar-refractivity contribution in [3.05, 3.63) is 48.0 Å². The average Bonchev–Trinajstić information content (AvgIpc) is 2.63. The lowest BCUT2D eigenvalue weighted by atomic mass is 9.88. The minimum Gasteiger partial charge on any atom is -0.388 e. The number of nitrogens with two attached hydrogens (primary N) is 1. The second kappa shape index (κ2) is 7.69. The molecular formula is C20H28N4. The summed E-state index contributed by atoms with van der Waals surface area (Å²) >= 11 is 0. The summed E-state index contributed by atoms with van der Waals surface area (Å²) in [6.45, 7) is 2.39. The summed E-state index contributed by atoms with van der Waals surface area (Å²) < 4.78 is 0. The topological polar surface area (TPSA) is 53.3 Å². The number of nitrogens with zero attached hydrogens (tertiary/aromatic N) is 1. The van der Waals surface area contributed by atoms with E-state index in [1.165, 1.54) is 42.6 Å². The maximum absolute atomic E-state index is 5.75. The number of nitrogens with one attached hydrogen (secondary N) is 2. The van der Waals surface area contributed by atoms with Gasteiger partial charge in [-0.05, 0) is 74.6 Å². The van der Waals surface area contributed by atoms with Gasteiger partial charge in [0.1, 0.15) is 0 Å². The first-order valence-electron chi connectivity index (χ1n) is 8.76. The molecule has 2 aromatic rings. The van der Waals surface area contributed by atoms with Crippen LogP contribution in [0.25, 0.3) is 11.1 Å². The average molecular weight is 324 g/mol. The van der Waals surface area contributed by atoms with Gasteiger partial charge >= 0.3 is 0 Å². The second-order valence-corrected chi connectivity index (χ2v) is 6.76. The predicted octanol–water partition coefficient (Wildman–Crippen LogP) is 3.57. The van der Waals surface area contributed by atoms with Crippen molar-refractivity contribution in [1.82, 2.24) is 4.90 Å². The molecule has 0 spiro atoms. The van der Waals surface area contributed by atoms with Gasteiger partial charge in [-0.1, -0.05) is 24.3 Å². The van der Waals surface area contributed by atoms with Crippen molar-refractivity contribution < 1.29 is 0 Å². The fourth-order valence-electron chi connectivity index (χ4n) is 3.60. The Bertz CT molecular complexity index is 675. The van der Waals surface area contributed by atoms with Crippen molar-refractivity contribution in [2.75, 3.05) is 37.9 Å². The summed E-state index contributed by atoms with van der Waals surface area (Å²) in [5.74, 6) is 6.49. The van der Waals surface area contributed by atoms with Gasteiger partial charge in [-0.15, -0.1) is 0 Å². The van der Waals surface area contributed by atoms with Gasteiger partial charge in [-0.25, -0.2) is 0 Å². The van der Waals surface area contributed by atoms with Gasteiger partial charge in [0.25, 0.3) is 0 Å². The normalized spacial score (nSPS) is 16.1. The molecule has 1 aliphatic rings. The summed E-state index contributed by atoms with van der Waals surface area (Å²) in [5.41, 5.74) is 8.85. The van der Waals surface area contributed by atoms with Crippen molar-refractivity contribution in [3.8, 4) is 11.1 Å². The Morgan fingerprint density at radius 2 is 1.83 bits per heavy atom. The van der Waals surface area contributed by atoms with Gasteiger partial charge in [0.05, 0.1) is 5.69 Å². The molecule has 0 bridgehead atoms. The van der Waals surface area contributed by atoms with Gasteiger partial charge in [0, 0.05) is 18.3 Å². The Morgan fingerprint density at radius 1 is 1.08 bits per heavy atom. The summed E-state index contributed by atoms with van der Waals surface area (Å²) in [4.78, 5) is 2.41. The van der Waals surface area contributed by atoms with E-state index >= 15 is 0 Å². The van der Waals surface area contributed by atoms with Gasteiger partial charge < -0.3 is 15.6 Å². The molecule has 0 atom stereocenters. The molecule has 1 heterocycles. The molecule has 128 valence electrons. The lowest BCUT2D eigenvalue weighted by Gasteiger charge is -2.29. The molecular weight excluding hydrogens is 296 g/mol. The fourth-order valence-corrected chi connectivity index (χ4v) is 3.60. The van der Waals surface area contributed by atoms with E-state index in [0.29, 0.717) is 0 Å². The minimum atomic E-state index is 0.739. The maximum Gasteiger partial charge on any atom is 0.0517 e. The standard InChI is InChI=1S/C20H28N4/c1-22-20-6-4-3-5-18(20)16-7-8-19(23-21)17(14-16)13-15-9-11-24(2)12-10-15/h3-8,14-15,22-23H,9-13,21H2,1-2H3. The van der Waals surface area contributed by atoms with Crippen molar-refractivity contribution in [1.29, 1.82) is 0 Å². The Kier molecular flexibility index (Phi) is 5.38. The Morgan fingerprint density at radius 3 is 2.54 bits per heavy atom. The summed E-state index contributed by atoms with van der Waals surface area (Å²) in [5, 5.41) is 3.28. The second-order valence-electron chi connectivity index (χ2n) is 6.76. The van der Waals surface area contributed by atoms with Crippen molar-refractivity contribution in [2.45, 2.75) is 19.3 Å². The Balaban J connectivity index is 1.88. The molecule has 0 aromatic heterocycles. The van der Waals surface area contributed by atoms with E-state index in [-0.39, 0.29) is 0 Å². The molecule has 2 aromatic carbocycles. The highest BCUT2D eigenvalue weighted by molar-refractivity contribution is 5.79. The van der Waals surface area contributed by atoms with Crippen molar-refractivity contribution in [2.24, 2.45) is 11.8 Å². The van der Waals surface area contributed by atoms with E-state index in [9.17, 15) is 0 Å². The third-order valence-electron chi connectivity index (χ3n) is 5.11. The molecule has 24 heavy (non-hydrogen) atoms. The van der Waals surface area contributed by atoms with Crippen LogP contribution in [0.1, 0.15) is 18.4 Å². The summed E-state index contributed by atoms with van der Waals surface area (Å²) in [6.07, 6.45) is 3.61. The van der Waals surface area contributed by atoms with Crippen LogP contribution < -0.4 is 16.6 Å². The Labute approximate surface area is 145 Å². The third-order valence-corrected chi connectivity index (χ3v) is 5.11. The molecule has 4 nitrogen and oxygen atoms in total. The molecule has 0 saturated carbocycles. The van der Waals surface area contributed by atoms with Crippen LogP contribution in [0, 0.1) is 5.92 Å². The van der Waals surface area contributed by atoms with Crippen LogP contribution in [0.15, 0.2) is 42.5 Å². The first-order valence-corrected chi connectivity index (χ1v) is 8.76. The highest BCUT2D eigenvalue weighted by Crippen LogP contribution is 2.32. The van der Waals surface area contributed by atoms with Crippen LogP contribution in [0.5, 0.6) is 0 Å². The number of anilines is 2. The molecule has 0 amide bonds.